The Hall–Kier alpha value is -4.05. The quantitative estimate of drug-likeness (QED) is 0.300. The third kappa shape index (κ3) is 8.00. The topological polar surface area (TPSA) is 105 Å². The summed E-state index contributed by atoms with van der Waals surface area (Å²) in [6, 6.07) is 19.4. The van der Waals surface area contributed by atoms with Gasteiger partial charge in [0.25, 0.3) is 10.0 Å². The Morgan fingerprint density at radius 3 is 2.22 bits per heavy atom. The number of ether oxygens (including phenoxy) is 2. The summed E-state index contributed by atoms with van der Waals surface area (Å²) < 4.78 is 40.1. The molecule has 1 unspecified atom stereocenters. The molecular weight excluding hydrogens is 542 g/mol. The maximum atomic E-state index is 14.0. The first-order valence-electron chi connectivity index (χ1n) is 13.6. The molecule has 9 nitrogen and oxygen atoms in total. The lowest BCUT2D eigenvalue weighted by Crippen LogP contribution is -2.51. The highest BCUT2D eigenvalue weighted by Gasteiger charge is 2.33. The number of hydrogen-bond acceptors (Lipinski definition) is 6. The van der Waals surface area contributed by atoms with Gasteiger partial charge < -0.3 is 19.7 Å². The fraction of sp³-hybridized carbons (Fsp3) is 0.355. The Labute approximate surface area is 243 Å². The van der Waals surface area contributed by atoms with Crippen molar-refractivity contribution < 1.29 is 27.5 Å². The molecule has 0 saturated heterocycles. The lowest BCUT2D eigenvalue weighted by molar-refractivity contribution is -0.139. The van der Waals surface area contributed by atoms with Gasteiger partial charge in [-0.05, 0) is 69.2 Å². The number of benzene rings is 3. The molecule has 0 aliphatic rings. The predicted octanol–water partition coefficient (Wildman–Crippen LogP) is 4.54. The molecule has 3 aromatic carbocycles. The Morgan fingerprint density at radius 1 is 0.951 bits per heavy atom. The van der Waals surface area contributed by atoms with Crippen LogP contribution in [-0.4, -0.2) is 58.0 Å². The third-order valence-corrected chi connectivity index (χ3v) is 8.32. The number of aryl methyl sites for hydroxylation is 1. The lowest BCUT2D eigenvalue weighted by Gasteiger charge is -2.32. The van der Waals surface area contributed by atoms with Crippen molar-refractivity contribution in [3.8, 4) is 11.5 Å². The SMILES string of the molecule is CCCNC(=O)C(C)N(Cc1ccc(OC)cc1)C(=O)CN(c1ccccc1OCC)S(=O)(=O)c1ccc(C)cc1. The Morgan fingerprint density at radius 2 is 1.61 bits per heavy atom. The van der Waals surface area contributed by atoms with Gasteiger partial charge in [0.2, 0.25) is 11.8 Å². The van der Waals surface area contributed by atoms with Crippen LogP contribution in [0.5, 0.6) is 11.5 Å². The van der Waals surface area contributed by atoms with E-state index in [2.05, 4.69) is 5.32 Å². The van der Waals surface area contributed by atoms with E-state index in [9.17, 15) is 18.0 Å². The van der Waals surface area contributed by atoms with Crippen molar-refractivity contribution in [1.29, 1.82) is 0 Å². The number of anilines is 1. The first-order valence-corrected chi connectivity index (χ1v) is 15.1. The zero-order valence-electron chi connectivity index (χ0n) is 24.3. The van der Waals surface area contributed by atoms with Crippen molar-refractivity contribution in [3.63, 3.8) is 0 Å². The summed E-state index contributed by atoms with van der Waals surface area (Å²) in [4.78, 5) is 28.5. The lowest BCUT2D eigenvalue weighted by atomic mass is 10.1. The zero-order valence-corrected chi connectivity index (χ0v) is 25.1. The average Bonchev–Trinajstić information content (AvgIpc) is 2.98. The summed E-state index contributed by atoms with van der Waals surface area (Å²) in [5.41, 5.74) is 1.89. The van der Waals surface area contributed by atoms with Gasteiger partial charge >= 0.3 is 0 Å². The van der Waals surface area contributed by atoms with Crippen LogP contribution in [0.3, 0.4) is 0 Å². The fourth-order valence-electron chi connectivity index (χ4n) is 4.20. The standard InChI is InChI=1S/C31H39N3O6S/c1-6-20-32-31(36)24(4)33(21-25-14-16-26(39-5)17-15-25)30(35)22-34(28-10-8-9-11-29(28)40-7-2)41(37,38)27-18-12-23(3)13-19-27/h8-19,24H,6-7,20-22H2,1-5H3,(H,32,36). The van der Waals surface area contributed by atoms with Gasteiger partial charge in [0.1, 0.15) is 24.1 Å². The number of amides is 2. The van der Waals surface area contributed by atoms with E-state index in [1.165, 1.54) is 17.0 Å². The minimum absolute atomic E-state index is 0.0395. The summed E-state index contributed by atoms with van der Waals surface area (Å²) >= 11 is 0. The molecule has 1 N–H and O–H groups in total. The summed E-state index contributed by atoms with van der Waals surface area (Å²) in [6.45, 7) is 7.56. The average molecular weight is 582 g/mol. The van der Waals surface area contributed by atoms with Gasteiger partial charge in [-0.3, -0.25) is 13.9 Å². The van der Waals surface area contributed by atoms with Crippen molar-refractivity contribution in [2.75, 3.05) is 31.1 Å². The molecule has 0 aliphatic carbocycles. The van der Waals surface area contributed by atoms with Crippen LogP contribution in [0.15, 0.2) is 77.7 Å². The number of nitrogens with one attached hydrogen (secondary N) is 1. The number of methoxy groups -OCH3 is 1. The molecule has 0 bridgehead atoms. The molecule has 3 aromatic rings. The number of carbonyl (C=O) groups excluding carboxylic acids is 2. The Balaban J connectivity index is 2.06. The maximum Gasteiger partial charge on any atom is 0.264 e. The summed E-state index contributed by atoms with van der Waals surface area (Å²) in [7, 11) is -2.63. The van der Waals surface area contributed by atoms with E-state index < -0.39 is 28.5 Å². The van der Waals surface area contributed by atoms with Crippen molar-refractivity contribution >= 4 is 27.5 Å². The molecule has 10 heteroatoms. The molecular formula is C31H39N3O6S. The monoisotopic (exact) mass is 581 g/mol. The van der Waals surface area contributed by atoms with Crippen LogP contribution in [0.4, 0.5) is 5.69 Å². The number of rotatable bonds is 14. The molecule has 3 rings (SSSR count). The Kier molecular flexibility index (Phi) is 11.2. The van der Waals surface area contributed by atoms with Gasteiger partial charge in [-0.15, -0.1) is 0 Å². The summed E-state index contributed by atoms with van der Waals surface area (Å²) in [5, 5.41) is 2.84. The summed E-state index contributed by atoms with van der Waals surface area (Å²) in [6.07, 6.45) is 0.738. The maximum absolute atomic E-state index is 14.0. The molecule has 0 fully saturated rings. The molecule has 0 aromatic heterocycles. The highest BCUT2D eigenvalue weighted by atomic mass is 32.2. The smallest absolute Gasteiger partial charge is 0.264 e. The van der Waals surface area contributed by atoms with Crippen LogP contribution in [0.2, 0.25) is 0 Å². The number of hydrogen-bond donors (Lipinski definition) is 1. The molecule has 0 radical (unpaired) electrons. The fourth-order valence-corrected chi connectivity index (χ4v) is 5.62. The molecule has 0 heterocycles. The molecule has 220 valence electrons. The number of carbonyl (C=O) groups is 2. The highest BCUT2D eigenvalue weighted by Crippen LogP contribution is 2.33. The van der Waals surface area contributed by atoms with E-state index in [0.717, 1.165) is 21.9 Å². The van der Waals surface area contributed by atoms with Gasteiger partial charge in [-0.2, -0.15) is 0 Å². The minimum atomic E-state index is -4.19. The van der Waals surface area contributed by atoms with Crippen LogP contribution in [-0.2, 0) is 26.2 Å². The van der Waals surface area contributed by atoms with Gasteiger partial charge in [-0.1, -0.05) is 48.9 Å². The second-order valence-corrected chi connectivity index (χ2v) is 11.4. The molecule has 0 saturated carbocycles. The predicted molar refractivity (Wildman–Crippen MR) is 160 cm³/mol. The van der Waals surface area contributed by atoms with E-state index in [-0.39, 0.29) is 23.0 Å². The largest absolute Gasteiger partial charge is 0.497 e. The first-order chi connectivity index (χ1) is 19.6. The van der Waals surface area contributed by atoms with Crippen LogP contribution < -0.4 is 19.1 Å². The van der Waals surface area contributed by atoms with Gasteiger partial charge in [0, 0.05) is 13.1 Å². The van der Waals surface area contributed by atoms with Crippen molar-refractivity contribution in [2.45, 2.75) is 51.6 Å². The summed E-state index contributed by atoms with van der Waals surface area (Å²) in [5.74, 6) is 0.121. The van der Waals surface area contributed by atoms with E-state index in [0.29, 0.717) is 24.7 Å². The molecule has 1 atom stereocenters. The second-order valence-electron chi connectivity index (χ2n) is 9.56. The number of sulfonamides is 1. The van der Waals surface area contributed by atoms with Crippen LogP contribution in [0.1, 0.15) is 38.3 Å². The van der Waals surface area contributed by atoms with Crippen LogP contribution >= 0.6 is 0 Å². The van der Waals surface area contributed by atoms with E-state index in [4.69, 9.17) is 9.47 Å². The van der Waals surface area contributed by atoms with Crippen molar-refractivity contribution in [3.05, 3.63) is 83.9 Å². The molecule has 2 amide bonds. The van der Waals surface area contributed by atoms with Crippen LogP contribution in [0, 0.1) is 6.92 Å². The zero-order chi connectivity index (χ0) is 30.0. The molecule has 41 heavy (non-hydrogen) atoms. The Bertz CT molecular complexity index is 1410. The van der Waals surface area contributed by atoms with Gasteiger partial charge in [0.15, 0.2) is 0 Å². The molecule has 0 aliphatic heterocycles. The highest BCUT2D eigenvalue weighted by molar-refractivity contribution is 7.92. The van der Waals surface area contributed by atoms with E-state index in [1.807, 2.05) is 13.8 Å². The van der Waals surface area contributed by atoms with Crippen LogP contribution in [0.25, 0.3) is 0 Å². The second kappa shape index (κ2) is 14.5. The number of nitrogens with zero attached hydrogens (tertiary/aromatic N) is 2. The van der Waals surface area contributed by atoms with Crippen molar-refractivity contribution in [2.24, 2.45) is 0 Å². The normalized spacial score (nSPS) is 11.8. The van der Waals surface area contributed by atoms with Gasteiger partial charge in [0.05, 0.1) is 24.3 Å². The third-order valence-electron chi connectivity index (χ3n) is 6.55. The molecule has 0 spiro atoms. The first kappa shape index (κ1) is 31.5. The number of para-hydroxylation sites is 2. The van der Waals surface area contributed by atoms with Crippen molar-refractivity contribution in [1.82, 2.24) is 10.2 Å². The van der Waals surface area contributed by atoms with E-state index in [1.54, 1.807) is 81.6 Å². The van der Waals surface area contributed by atoms with Gasteiger partial charge in [-0.25, -0.2) is 8.42 Å². The minimum Gasteiger partial charge on any atom is -0.497 e. The van der Waals surface area contributed by atoms with E-state index >= 15 is 0 Å².